The molecule has 100 valence electrons. The van der Waals surface area contributed by atoms with Crippen molar-refractivity contribution in [1.29, 1.82) is 0 Å². The van der Waals surface area contributed by atoms with Gasteiger partial charge < -0.3 is 5.73 Å². The zero-order valence-corrected chi connectivity index (χ0v) is 10.4. The van der Waals surface area contributed by atoms with E-state index in [1.165, 1.54) is 6.07 Å². The van der Waals surface area contributed by atoms with E-state index in [4.69, 9.17) is 5.73 Å². The summed E-state index contributed by atoms with van der Waals surface area (Å²) in [7, 11) is 0. The van der Waals surface area contributed by atoms with E-state index in [2.05, 4.69) is 0 Å². The SMILES string of the molecule is CC(N)c1ccc(-c2ccccc2)c(C(F)(F)F)c1. The van der Waals surface area contributed by atoms with E-state index in [9.17, 15) is 13.2 Å². The maximum Gasteiger partial charge on any atom is 0.417 e. The summed E-state index contributed by atoms with van der Waals surface area (Å²) in [6, 6.07) is 12.4. The number of rotatable bonds is 2. The smallest absolute Gasteiger partial charge is 0.324 e. The van der Waals surface area contributed by atoms with Gasteiger partial charge in [0.05, 0.1) is 5.56 Å². The molecule has 2 aromatic rings. The molecule has 19 heavy (non-hydrogen) atoms. The largest absolute Gasteiger partial charge is 0.417 e. The Labute approximate surface area is 109 Å². The van der Waals surface area contributed by atoms with Gasteiger partial charge in [-0.1, -0.05) is 42.5 Å². The van der Waals surface area contributed by atoms with Crippen molar-refractivity contribution in [2.45, 2.75) is 19.1 Å². The molecule has 2 aromatic carbocycles. The first-order valence-electron chi connectivity index (χ1n) is 5.92. The average Bonchev–Trinajstić information content (AvgIpc) is 2.38. The summed E-state index contributed by atoms with van der Waals surface area (Å²) in [5.41, 5.74) is 6.21. The summed E-state index contributed by atoms with van der Waals surface area (Å²) in [6.07, 6.45) is -4.39. The van der Waals surface area contributed by atoms with Crippen LogP contribution in [0.1, 0.15) is 24.1 Å². The molecule has 0 aromatic heterocycles. The molecule has 0 amide bonds. The summed E-state index contributed by atoms with van der Waals surface area (Å²) in [4.78, 5) is 0. The second-order valence-electron chi connectivity index (χ2n) is 4.46. The Hall–Kier alpha value is -1.81. The van der Waals surface area contributed by atoms with Crippen LogP contribution >= 0.6 is 0 Å². The number of hydrogen-bond donors (Lipinski definition) is 1. The molecule has 0 spiro atoms. The average molecular weight is 265 g/mol. The molecular weight excluding hydrogens is 251 g/mol. The van der Waals surface area contributed by atoms with Gasteiger partial charge in [0.15, 0.2) is 0 Å². The minimum absolute atomic E-state index is 0.178. The fourth-order valence-corrected chi connectivity index (χ4v) is 1.95. The van der Waals surface area contributed by atoms with Crippen LogP contribution in [0, 0.1) is 0 Å². The lowest BCUT2D eigenvalue weighted by atomic mass is 9.95. The maximum atomic E-state index is 13.1. The lowest BCUT2D eigenvalue weighted by molar-refractivity contribution is -0.137. The minimum Gasteiger partial charge on any atom is -0.324 e. The molecule has 4 heteroatoms. The number of halogens is 3. The van der Waals surface area contributed by atoms with Crippen molar-refractivity contribution in [1.82, 2.24) is 0 Å². The van der Waals surface area contributed by atoms with E-state index in [0.717, 1.165) is 6.07 Å². The van der Waals surface area contributed by atoms with E-state index >= 15 is 0 Å². The molecule has 1 atom stereocenters. The van der Waals surface area contributed by atoms with Gasteiger partial charge >= 0.3 is 6.18 Å². The molecule has 1 unspecified atom stereocenters. The van der Waals surface area contributed by atoms with Gasteiger partial charge in [-0.15, -0.1) is 0 Å². The van der Waals surface area contributed by atoms with E-state index in [1.54, 1.807) is 43.3 Å². The van der Waals surface area contributed by atoms with Crippen LogP contribution in [0.5, 0.6) is 0 Å². The highest BCUT2D eigenvalue weighted by Crippen LogP contribution is 2.38. The highest BCUT2D eigenvalue weighted by Gasteiger charge is 2.34. The van der Waals surface area contributed by atoms with Crippen LogP contribution in [0.3, 0.4) is 0 Å². The number of hydrogen-bond acceptors (Lipinski definition) is 1. The van der Waals surface area contributed by atoms with Crippen molar-refractivity contribution in [3.05, 3.63) is 59.7 Å². The summed E-state index contributed by atoms with van der Waals surface area (Å²) >= 11 is 0. The third-order valence-corrected chi connectivity index (χ3v) is 2.96. The monoisotopic (exact) mass is 265 g/mol. The van der Waals surface area contributed by atoms with Crippen LogP contribution in [-0.2, 0) is 6.18 Å². The van der Waals surface area contributed by atoms with Crippen molar-refractivity contribution >= 4 is 0 Å². The highest BCUT2D eigenvalue weighted by atomic mass is 19.4. The number of alkyl halides is 3. The Balaban J connectivity index is 2.62. The van der Waals surface area contributed by atoms with Crippen molar-refractivity contribution in [2.24, 2.45) is 5.73 Å². The Kier molecular flexibility index (Phi) is 3.62. The maximum absolute atomic E-state index is 13.1. The predicted octanol–water partition coefficient (Wildman–Crippen LogP) is 4.39. The molecule has 0 aliphatic carbocycles. The van der Waals surface area contributed by atoms with Gasteiger partial charge in [0, 0.05) is 6.04 Å². The Morgan fingerprint density at radius 1 is 1.00 bits per heavy atom. The molecule has 0 saturated heterocycles. The van der Waals surface area contributed by atoms with E-state index < -0.39 is 17.8 Å². The standard InChI is InChI=1S/C15H14F3N/c1-10(19)12-7-8-13(11-5-3-2-4-6-11)14(9-12)15(16,17)18/h2-10H,19H2,1H3. The summed E-state index contributed by atoms with van der Waals surface area (Å²) in [6.45, 7) is 1.66. The van der Waals surface area contributed by atoms with Gasteiger partial charge in [0.1, 0.15) is 0 Å². The quantitative estimate of drug-likeness (QED) is 0.856. The summed E-state index contributed by atoms with van der Waals surface area (Å²) < 4.78 is 39.4. The minimum atomic E-state index is -4.39. The second-order valence-corrected chi connectivity index (χ2v) is 4.46. The molecule has 2 N–H and O–H groups in total. The molecule has 0 aliphatic rings. The molecule has 0 radical (unpaired) electrons. The van der Waals surface area contributed by atoms with Gasteiger partial charge in [0.2, 0.25) is 0 Å². The first-order chi connectivity index (χ1) is 8.89. The van der Waals surface area contributed by atoms with Gasteiger partial charge in [0.25, 0.3) is 0 Å². The van der Waals surface area contributed by atoms with E-state index in [-0.39, 0.29) is 5.56 Å². The molecule has 0 bridgehead atoms. The number of nitrogens with two attached hydrogens (primary N) is 1. The molecule has 1 nitrogen and oxygen atoms in total. The van der Waals surface area contributed by atoms with Crippen molar-refractivity contribution < 1.29 is 13.2 Å². The zero-order chi connectivity index (χ0) is 14.0. The first kappa shape index (κ1) is 13.6. The second kappa shape index (κ2) is 5.05. The first-order valence-corrected chi connectivity index (χ1v) is 5.92. The Morgan fingerprint density at radius 3 is 2.16 bits per heavy atom. The molecule has 0 saturated carbocycles. The van der Waals surface area contributed by atoms with Gasteiger partial charge in [-0.3, -0.25) is 0 Å². The number of benzene rings is 2. The normalized spacial score (nSPS) is 13.3. The fourth-order valence-electron chi connectivity index (χ4n) is 1.95. The van der Waals surface area contributed by atoms with Crippen LogP contribution in [0.25, 0.3) is 11.1 Å². The van der Waals surface area contributed by atoms with Gasteiger partial charge in [-0.25, -0.2) is 0 Å². The van der Waals surface area contributed by atoms with Crippen LogP contribution in [0.15, 0.2) is 48.5 Å². The zero-order valence-electron chi connectivity index (χ0n) is 10.4. The third kappa shape index (κ3) is 2.96. The van der Waals surface area contributed by atoms with Gasteiger partial charge in [-0.05, 0) is 29.7 Å². The molecule has 0 heterocycles. The van der Waals surface area contributed by atoms with Crippen LogP contribution < -0.4 is 5.73 Å². The van der Waals surface area contributed by atoms with Crippen LogP contribution in [0.2, 0.25) is 0 Å². The topological polar surface area (TPSA) is 26.0 Å². The van der Waals surface area contributed by atoms with Crippen molar-refractivity contribution in [3.8, 4) is 11.1 Å². The highest BCUT2D eigenvalue weighted by molar-refractivity contribution is 5.68. The van der Waals surface area contributed by atoms with E-state index in [1.807, 2.05) is 0 Å². The summed E-state index contributed by atoms with van der Waals surface area (Å²) in [5, 5.41) is 0. The van der Waals surface area contributed by atoms with Crippen LogP contribution in [0.4, 0.5) is 13.2 Å². The molecule has 0 aliphatic heterocycles. The molecule has 0 fully saturated rings. The Morgan fingerprint density at radius 2 is 1.63 bits per heavy atom. The van der Waals surface area contributed by atoms with Crippen LogP contribution in [-0.4, -0.2) is 0 Å². The molecule has 2 rings (SSSR count). The van der Waals surface area contributed by atoms with Crippen molar-refractivity contribution in [3.63, 3.8) is 0 Å². The van der Waals surface area contributed by atoms with Gasteiger partial charge in [-0.2, -0.15) is 13.2 Å². The lowest BCUT2D eigenvalue weighted by Gasteiger charge is -2.16. The van der Waals surface area contributed by atoms with Crippen molar-refractivity contribution in [2.75, 3.05) is 0 Å². The van der Waals surface area contributed by atoms with E-state index in [0.29, 0.717) is 11.1 Å². The Bertz CT molecular complexity index is 559. The fraction of sp³-hybridized carbons (Fsp3) is 0.200. The molecular formula is C15H14F3N. The predicted molar refractivity (Wildman–Crippen MR) is 69.5 cm³/mol. The third-order valence-electron chi connectivity index (χ3n) is 2.96. The summed E-state index contributed by atoms with van der Waals surface area (Å²) in [5.74, 6) is 0. The lowest BCUT2D eigenvalue weighted by Crippen LogP contribution is -2.11.